The summed E-state index contributed by atoms with van der Waals surface area (Å²) in [6.45, 7) is 3.75. The minimum Gasteiger partial charge on any atom is -0.333 e. The van der Waals surface area contributed by atoms with Crippen molar-refractivity contribution in [2.45, 2.75) is 12.6 Å². The Balaban J connectivity index is 1.83. The highest BCUT2D eigenvalue weighted by atomic mass is 32.1. The molecule has 7 heteroatoms. The first-order valence-electron chi connectivity index (χ1n) is 7.11. The lowest BCUT2D eigenvalue weighted by Gasteiger charge is -2.30. The van der Waals surface area contributed by atoms with Crippen LogP contribution in [0.15, 0.2) is 16.0 Å². The Morgan fingerprint density at radius 1 is 1.52 bits per heavy atom. The minimum absolute atomic E-state index is 0.188. The average molecular weight is 307 g/mol. The van der Waals surface area contributed by atoms with Crippen molar-refractivity contribution in [3.05, 3.63) is 22.8 Å². The van der Waals surface area contributed by atoms with Crippen LogP contribution < -0.4 is 5.32 Å². The number of nitrogens with one attached hydrogen (secondary N) is 1. The van der Waals surface area contributed by atoms with Crippen molar-refractivity contribution >= 4 is 11.3 Å². The summed E-state index contributed by atoms with van der Waals surface area (Å²) in [5.74, 6) is 1.40. The number of likely N-dealkylation sites (N-methyl/N-ethyl adjacent to an activating group) is 1. The molecule has 1 saturated heterocycles. The maximum Gasteiger partial charge on any atom is 0.268 e. The molecule has 0 amide bonds. The molecular weight excluding hydrogens is 286 g/mol. The zero-order valence-electron chi connectivity index (χ0n) is 12.7. The zero-order valence-corrected chi connectivity index (χ0v) is 13.5. The van der Waals surface area contributed by atoms with E-state index in [2.05, 4.69) is 57.8 Å². The normalized spacial score (nSPS) is 20.3. The van der Waals surface area contributed by atoms with Gasteiger partial charge in [0, 0.05) is 26.2 Å². The Labute approximate surface area is 128 Å². The Bertz CT molecular complexity index is 594. The Kier molecular flexibility index (Phi) is 4.34. The fourth-order valence-electron chi connectivity index (χ4n) is 2.55. The van der Waals surface area contributed by atoms with E-state index in [1.807, 2.05) is 0 Å². The Morgan fingerprint density at radius 3 is 3.14 bits per heavy atom. The second-order valence-corrected chi connectivity index (χ2v) is 6.59. The van der Waals surface area contributed by atoms with Crippen LogP contribution in [0.25, 0.3) is 10.8 Å². The van der Waals surface area contributed by atoms with E-state index in [9.17, 15) is 0 Å². The van der Waals surface area contributed by atoms with Crippen LogP contribution in [0.5, 0.6) is 0 Å². The first-order valence-corrected chi connectivity index (χ1v) is 7.99. The predicted molar refractivity (Wildman–Crippen MR) is 83.2 cm³/mol. The number of thiophene rings is 1. The van der Waals surface area contributed by atoms with E-state index in [-0.39, 0.29) is 6.04 Å². The van der Waals surface area contributed by atoms with Crippen LogP contribution >= 0.6 is 11.3 Å². The molecule has 0 aliphatic carbocycles. The summed E-state index contributed by atoms with van der Waals surface area (Å²) in [5.41, 5.74) is 1.23. The molecule has 0 bridgehead atoms. The van der Waals surface area contributed by atoms with Gasteiger partial charge < -0.3 is 14.7 Å². The first-order chi connectivity index (χ1) is 10.1. The van der Waals surface area contributed by atoms with E-state index in [1.54, 1.807) is 11.3 Å². The maximum absolute atomic E-state index is 5.51. The third-order valence-electron chi connectivity index (χ3n) is 3.68. The van der Waals surface area contributed by atoms with Gasteiger partial charge in [-0.1, -0.05) is 5.16 Å². The molecule has 0 spiro atoms. The van der Waals surface area contributed by atoms with Gasteiger partial charge in [0.1, 0.15) is 0 Å². The molecule has 1 N–H and O–H groups in total. The summed E-state index contributed by atoms with van der Waals surface area (Å²) in [4.78, 5) is 10.1. The highest BCUT2D eigenvalue weighted by Gasteiger charge is 2.26. The molecule has 3 heterocycles. The molecule has 0 saturated carbocycles. The summed E-state index contributed by atoms with van der Waals surface area (Å²) in [5, 5.41) is 9.65. The molecule has 1 aliphatic rings. The van der Waals surface area contributed by atoms with E-state index in [0.29, 0.717) is 5.89 Å². The van der Waals surface area contributed by atoms with Crippen molar-refractivity contribution in [1.29, 1.82) is 0 Å². The highest BCUT2D eigenvalue weighted by molar-refractivity contribution is 7.13. The summed E-state index contributed by atoms with van der Waals surface area (Å²) in [6, 6.07) is 2.31. The smallest absolute Gasteiger partial charge is 0.268 e. The van der Waals surface area contributed by atoms with Gasteiger partial charge in [0.2, 0.25) is 0 Å². The van der Waals surface area contributed by atoms with Gasteiger partial charge in [-0.15, -0.1) is 11.3 Å². The van der Waals surface area contributed by atoms with Crippen molar-refractivity contribution < 1.29 is 4.52 Å². The summed E-state index contributed by atoms with van der Waals surface area (Å²) >= 11 is 1.65. The quantitative estimate of drug-likeness (QED) is 0.922. The summed E-state index contributed by atoms with van der Waals surface area (Å²) < 4.78 is 5.51. The van der Waals surface area contributed by atoms with Crippen molar-refractivity contribution in [1.82, 2.24) is 25.3 Å². The van der Waals surface area contributed by atoms with Crippen molar-refractivity contribution in [2.75, 3.05) is 40.8 Å². The van der Waals surface area contributed by atoms with E-state index < -0.39 is 0 Å². The second-order valence-electron chi connectivity index (χ2n) is 5.67. The highest BCUT2D eigenvalue weighted by Crippen LogP contribution is 2.30. The SMILES string of the molecule is CN(C)Cc1ccsc1-c1nc(C2CNCCN2C)no1. The number of aromatic nitrogens is 2. The predicted octanol–water partition coefficient (Wildman–Crippen LogP) is 1.44. The third-order valence-corrected chi connectivity index (χ3v) is 4.62. The van der Waals surface area contributed by atoms with Crippen LogP contribution in [0.2, 0.25) is 0 Å². The van der Waals surface area contributed by atoms with Crippen LogP contribution in [0.1, 0.15) is 17.4 Å². The minimum atomic E-state index is 0.188. The molecule has 0 aromatic carbocycles. The number of piperazine rings is 1. The van der Waals surface area contributed by atoms with Crippen molar-refractivity contribution in [3.8, 4) is 10.8 Å². The second kappa shape index (κ2) is 6.23. The van der Waals surface area contributed by atoms with Gasteiger partial charge in [-0.2, -0.15) is 4.98 Å². The molecule has 3 rings (SSSR count). The van der Waals surface area contributed by atoms with Crippen molar-refractivity contribution in [2.24, 2.45) is 0 Å². The largest absolute Gasteiger partial charge is 0.333 e. The summed E-state index contributed by atoms with van der Waals surface area (Å²) in [7, 11) is 6.22. The molecule has 1 atom stereocenters. The standard InChI is InChI=1S/C14H21N5OS/c1-18(2)9-10-4-7-21-12(10)14-16-13(17-20-14)11-8-15-5-6-19(11)3/h4,7,11,15H,5-6,8-9H2,1-3H3. The van der Waals surface area contributed by atoms with Gasteiger partial charge >= 0.3 is 0 Å². The molecule has 2 aromatic heterocycles. The van der Waals surface area contributed by atoms with Gasteiger partial charge in [0.15, 0.2) is 5.82 Å². The zero-order chi connectivity index (χ0) is 14.8. The van der Waals surface area contributed by atoms with Gasteiger partial charge in [-0.05, 0) is 38.2 Å². The Hall–Kier alpha value is -1.28. The van der Waals surface area contributed by atoms with Gasteiger partial charge in [-0.3, -0.25) is 4.90 Å². The van der Waals surface area contributed by atoms with E-state index in [4.69, 9.17) is 4.52 Å². The van der Waals surface area contributed by atoms with Gasteiger partial charge in [0.25, 0.3) is 5.89 Å². The molecule has 1 aliphatic heterocycles. The first kappa shape index (κ1) is 14.6. The molecule has 2 aromatic rings. The number of hydrogen-bond donors (Lipinski definition) is 1. The van der Waals surface area contributed by atoms with Crippen LogP contribution in [-0.2, 0) is 6.54 Å². The van der Waals surface area contributed by atoms with Crippen LogP contribution in [-0.4, -0.2) is 60.7 Å². The fraction of sp³-hybridized carbons (Fsp3) is 0.571. The van der Waals surface area contributed by atoms with Crippen LogP contribution in [0, 0.1) is 0 Å². The number of nitrogens with zero attached hydrogens (tertiary/aromatic N) is 4. The lowest BCUT2D eigenvalue weighted by molar-refractivity contribution is 0.190. The molecular formula is C14H21N5OS. The number of rotatable bonds is 4. The van der Waals surface area contributed by atoms with Crippen LogP contribution in [0.4, 0.5) is 0 Å². The topological polar surface area (TPSA) is 57.4 Å². The molecule has 1 unspecified atom stereocenters. The number of hydrogen-bond acceptors (Lipinski definition) is 7. The maximum atomic E-state index is 5.51. The van der Waals surface area contributed by atoms with E-state index in [0.717, 1.165) is 36.9 Å². The molecule has 1 fully saturated rings. The molecule has 114 valence electrons. The molecule has 6 nitrogen and oxygen atoms in total. The fourth-order valence-corrected chi connectivity index (χ4v) is 3.38. The Morgan fingerprint density at radius 2 is 2.38 bits per heavy atom. The van der Waals surface area contributed by atoms with Gasteiger partial charge in [0.05, 0.1) is 10.9 Å². The summed E-state index contributed by atoms with van der Waals surface area (Å²) in [6.07, 6.45) is 0. The molecule has 21 heavy (non-hydrogen) atoms. The van der Waals surface area contributed by atoms with Crippen LogP contribution in [0.3, 0.4) is 0 Å². The molecule has 0 radical (unpaired) electrons. The average Bonchev–Trinajstić information content (AvgIpc) is 3.07. The monoisotopic (exact) mass is 307 g/mol. The van der Waals surface area contributed by atoms with Crippen molar-refractivity contribution in [3.63, 3.8) is 0 Å². The lowest BCUT2D eigenvalue weighted by atomic mass is 10.2. The van der Waals surface area contributed by atoms with Gasteiger partial charge in [-0.25, -0.2) is 0 Å². The van der Waals surface area contributed by atoms with E-state index >= 15 is 0 Å². The van der Waals surface area contributed by atoms with E-state index in [1.165, 1.54) is 5.56 Å². The third kappa shape index (κ3) is 3.16. The lowest BCUT2D eigenvalue weighted by Crippen LogP contribution is -2.44.